The molecule has 1 amide bonds. The molecular weight excluding hydrogens is 346 g/mol. The predicted octanol–water partition coefficient (Wildman–Crippen LogP) is 3.11. The van der Waals surface area contributed by atoms with E-state index in [1.807, 2.05) is 0 Å². The lowest BCUT2D eigenvalue weighted by molar-refractivity contribution is -0.384. The van der Waals surface area contributed by atoms with Crippen molar-refractivity contribution < 1.29 is 19.2 Å². The first-order chi connectivity index (χ1) is 12.1. The number of aromatic nitrogens is 1. The number of carbonyl (C=O) groups excluding carboxylic acids is 1. The highest BCUT2D eigenvalue weighted by molar-refractivity contribution is 7.22. The number of thiazole rings is 1. The van der Waals surface area contributed by atoms with Crippen LogP contribution in [0.1, 0.15) is 5.56 Å². The number of anilines is 1. The fourth-order valence-corrected chi connectivity index (χ4v) is 3.40. The molecule has 9 heteroatoms. The molecule has 0 saturated heterocycles. The Morgan fingerprint density at radius 3 is 2.92 bits per heavy atom. The molecule has 0 bridgehead atoms. The maximum atomic E-state index is 12.2. The van der Waals surface area contributed by atoms with Gasteiger partial charge in [0.2, 0.25) is 12.7 Å². The van der Waals surface area contributed by atoms with Gasteiger partial charge >= 0.3 is 0 Å². The number of carbonyl (C=O) groups is 1. The molecule has 1 N–H and O–H groups in total. The minimum atomic E-state index is -0.461. The van der Waals surface area contributed by atoms with Gasteiger partial charge in [0, 0.05) is 12.1 Å². The van der Waals surface area contributed by atoms with Crippen LogP contribution in [0.4, 0.5) is 10.8 Å². The number of nitro groups is 1. The zero-order valence-electron chi connectivity index (χ0n) is 12.7. The number of nitrogens with one attached hydrogen (secondary N) is 1. The Balaban J connectivity index is 1.48. The topological polar surface area (TPSA) is 104 Å². The second kappa shape index (κ2) is 6.02. The van der Waals surface area contributed by atoms with E-state index >= 15 is 0 Å². The Morgan fingerprint density at radius 2 is 2.08 bits per heavy atom. The van der Waals surface area contributed by atoms with Gasteiger partial charge in [-0.3, -0.25) is 14.9 Å². The van der Waals surface area contributed by atoms with Crippen molar-refractivity contribution in [3.63, 3.8) is 0 Å². The monoisotopic (exact) mass is 357 g/mol. The van der Waals surface area contributed by atoms with Gasteiger partial charge in [-0.1, -0.05) is 17.4 Å². The van der Waals surface area contributed by atoms with Crippen LogP contribution in [0.3, 0.4) is 0 Å². The van der Waals surface area contributed by atoms with E-state index in [1.165, 1.54) is 23.5 Å². The number of ether oxygens (including phenoxy) is 2. The third-order valence-corrected chi connectivity index (χ3v) is 4.56. The molecular formula is C16H11N3O5S. The number of amides is 1. The van der Waals surface area contributed by atoms with E-state index in [2.05, 4.69) is 10.3 Å². The summed E-state index contributed by atoms with van der Waals surface area (Å²) in [7, 11) is 0. The molecule has 0 radical (unpaired) electrons. The summed E-state index contributed by atoms with van der Waals surface area (Å²) in [6.45, 7) is 0.183. The van der Waals surface area contributed by atoms with E-state index in [4.69, 9.17) is 9.47 Å². The Morgan fingerprint density at radius 1 is 1.24 bits per heavy atom. The maximum Gasteiger partial charge on any atom is 0.270 e. The smallest absolute Gasteiger partial charge is 0.270 e. The Labute approximate surface area is 145 Å². The van der Waals surface area contributed by atoms with Gasteiger partial charge in [-0.25, -0.2) is 4.98 Å². The molecule has 1 aromatic heterocycles. The molecule has 8 nitrogen and oxygen atoms in total. The van der Waals surface area contributed by atoms with E-state index in [0.717, 1.165) is 5.56 Å². The lowest BCUT2D eigenvalue weighted by atomic mass is 10.1. The summed E-state index contributed by atoms with van der Waals surface area (Å²) in [6.07, 6.45) is 0.159. The first-order valence-corrected chi connectivity index (χ1v) is 8.13. The van der Waals surface area contributed by atoms with Crippen LogP contribution in [0.25, 0.3) is 10.2 Å². The van der Waals surface area contributed by atoms with Crippen LogP contribution in [0.5, 0.6) is 11.5 Å². The summed E-state index contributed by atoms with van der Waals surface area (Å²) in [6, 6.07) is 9.73. The van der Waals surface area contributed by atoms with Gasteiger partial charge in [-0.15, -0.1) is 0 Å². The van der Waals surface area contributed by atoms with E-state index in [-0.39, 0.29) is 24.8 Å². The molecule has 0 unspecified atom stereocenters. The van der Waals surface area contributed by atoms with Crippen molar-refractivity contribution in [2.24, 2.45) is 0 Å². The van der Waals surface area contributed by atoms with Gasteiger partial charge < -0.3 is 14.8 Å². The average Bonchev–Trinajstić information content (AvgIpc) is 3.18. The van der Waals surface area contributed by atoms with Crippen molar-refractivity contribution in [2.75, 3.05) is 12.1 Å². The van der Waals surface area contributed by atoms with Crippen LogP contribution in [0.15, 0.2) is 36.4 Å². The fraction of sp³-hybridized carbons (Fsp3) is 0.125. The molecule has 3 aromatic rings. The summed E-state index contributed by atoms with van der Waals surface area (Å²) < 4.78 is 11.2. The Bertz CT molecular complexity index is 1000. The summed E-state index contributed by atoms with van der Waals surface area (Å²) in [4.78, 5) is 26.8. The second-order valence-corrected chi connectivity index (χ2v) is 6.37. The highest BCUT2D eigenvalue weighted by Crippen LogP contribution is 2.33. The fourth-order valence-electron chi connectivity index (χ4n) is 2.48. The van der Waals surface area contributed by atoms with Crippen molar-refractivity contribution in [1.82, 2.24) is 4.98 Å². The molecule has 1 aliphatic rings. The van der Waals surface area contributed by atoms with Gasteiger partial charge in [0.1, 0.15) is 0 Å². The van der Waals surface area contributed by atoms with Crippen LogP contribution in [0.2, 0.25) is 0 Å². The molecule has 0 aliphatic carbocycles. The van der Waals surface area contributed by atoms with Crippen molar-refractivity contribution in [1.29, 1.82) is 0 Å². The summed E-state index contributed by atoms with van der Waals surface area (Å²) in [5.74, 6) is 1.06. The van der Waals surface area contributed by atoms with Gasteiger partial charge in [0.15, 0.2) is 16.6 Å². The molecule has 2 aromatic carbocycles. The molecule has 0 atom stereocenters. The molecule has 2 heterocycles. The minimum absolute atomic E-state index is 0.00520. The van der Waals surface area contributed by atoms with Crippen LogP contribution >= 0.6 is 11.3 Å². The number of fused-ring (bicyclic) bond motifs is 2. The lowest BCUT2D eigenvalue weighted by Crippen LogP contribution is -2.14. The number of non-ortho nitro benzene ring substituents is 1. The molecule has 0 fully saturated rings. The van der Waals surface area contributed by atoms with Crippen LogP contribution in [-0.4, -0.2) is 22.6 Å². The quantitative estimate of drug-likeness (QED) is 0.568. The lowest BCUT2D eigenvalue weighted by Gasteiger charge is -2.03. The van der Waals surface area contributed by atoms with Crippen molar-refractivity contribution >= 4 is 38.3 Å². The van der Waals surface area contributed by atoms with Gasteiger partial charge in [-0.05, 0) is 23.8 Å². The zero-order valence-corrected chi connectivity index (χ0v) is 13.5. The second-order valence-electron chi connectivity index (χ2n) is 5.34. The van der Waals surface area contributed by atoms with Crippen molar-refractivity contribution in [3.8, 4) is 11.5 Å². The largest absolute Gasteiger partial charge is 0.454 e. The molecule has 126 valence electrons. The number of nitrogens with zero attached hydrogens (tertiary/aromatic N) is 2. The maximum absolute atomic E-state index is 12.2. The Hall–Kier alpha value is -3.20. The number of hydrogen-bond acceptors (Lipinski definition) is 7. The first kappa shape index (κ1) is 15.3. The van der Waals surface area contributed by atoms with Crippen LogP contribution in [-0.2, 0) is 11.2 Å². The van der Waals surface area contributed by atoms with Gasteiger partial charge in [0.05, 0.1) is 21.6 Å². The minimum Gasteiger partial charge on any atom is -0.454 e. The molecule has 0 spiro atoms. The standard InChI is InChI=1S/C16H11N3O5S/c20-15(6-9-1-4-12-13(5-9)24-8-23-12)18-16-17-11-3-2-10(19(21)22)7-14(11)25-16/h1-5,7H,6,8H2,(H,17,18,20). The highest BCUT2D eigenvalue weighted by Gasteiger charge is 2.16. The predicted molar refractivity (Wildman–Crippen MR) is 91.2 cm³/mol. The molecule has 4 rings (SSSR count). The molecule has 0 saturated carbocycles. The van der Waals surface area contributed by atoms with Gasteiger partial charge in [-0.2, -0.15) is 0 Å². The number of rotatable bonds is 4. The van der Waals surface area contributed by atoms with E-state index in [1.54, 1.807) is 24.3 Å². The normalized spacial score (nSPS) is 12.3. The average molecular weight is 357 g/mol. The van der Waals surface area contributed by atoms with Crippen LogP contribution < -0.4 is 14.8 Å². The Kier molecular flexibility index (Phi) is 3.69. The molecule has 25 heavy (non-hydrogen) atoms. The highest BCUT2D eigenvalue weighted by atomic mass is 32.1. The third kappa shape index (κ3) is 3.09. The van der Waals surface area contributed by atoms with E-state index in [0.29, 0.717) is 26.8 Å². The number of benzene rings is 2. The van der Waals surface area contributed by atoms with Crippen LogP contribution in [0, 0.1) is 10.1 Å². The van der Waals surface area contributed by atoms with E-state index < -0.39 is 4.92 Å². The number of nitro benzene ring substituents is 1. The van der Waals surface area contributed by atoms with Gasteiger partial charge in [0.25, 0.3) is 5.69 Å². The summed E-state index contributed by atoms with van der Waals surface area (Å²) in [5.41, 5.74) is 1.39. The first-order valence-electron chi connectivity index (χ1n) is 7.32. The van der Waals surface area contributed by atoms with E-state index in [9.17, 15) is 14.9 Å². The van der Waals surface area contributed by atoms with Crippen molar-refractivity contribution in [2.45, 2.75) is 6.42 Å². The molecule has 1 aliphatic heterocycles. The third-order valence-electron chi connectivity index (χ3n) is 3.63. The van der Waals surface area contributed by atoms with Crippen molar-refractivity contribution in [3.05, 3.63) is 52.1 Å². The summed E-state index contributed by atoms with van der Waals surface area (Å²) >= 11 is 1.20. The SMILES string of the molecule is O=C(Cc1ccc2c(c1)OCO2)Nc1nc2ccc([N+](=O)[O-])cc2s1. The zero-order chi connectivity index (χ0) is 17.4. The summed E-state index contributed by atoms with van der Waals surface area (Å²) in [5, 5.41) is 13.9. The number of hydrogen-bond donors (Lipinski definition) is 1.